The predicted molar refractivity (Wildman–Crippen MR) is 122 cm³/mol. The zero-order valence-electron chi connectivity index (χ0n) is 17.0. The highest BCUT2D eigenvalue weighted by Crippen LogP contribution is 2.35. The predicted octanol–water partition coefficient (Wildman–Crippen LogP) is 4.01. The Morgan fingerprint density at radius 1 is 1.00 bits per heavy atom. The summed E-state index contributed by atoms with van der Waals surface area (Å²) in [5, 5.41) is 2.60. The zero-order valence-corrected chi connectivity index (χ0v) is 17.8. The SMILES string of the molecule is Cn1c(=NC(=O)c2cc3c(ccc4ccccc43)oc2=O)sc2cc3c(cc21)OCCO3. The van der Waals surface area contributed by atoms with Crippen LogP contribution in [-0.2, 0) is 7.05 Å². The van der Waals surface area contributed by atoms with Gasteiger partial charge in [0.2, 0.25) is 0 Å². The normalized spacial score (nSPS) is 13.8. The number of ether oxygens (including phenoxy) is 2. The van der Waals surface area contributed by atoms with E-state index in [2.05, 4.69) is 4.99 Å². The van der Waals surface area contributed by atoms with Crippen LogP contribution in [-0.4, -0.2) is 23.7 Å². The maximum Gasteiger partial charge on any atom is 0.349 e. The molecule has 6 rings (SSSR count). The van der Waals surface area contributed by atoms with Crippen molar-refractivity contribution < 1.29 is 18.7 Å². The molecule has 0 saturated carbocycles. The van der Waals surface area contributed by atoms with Gasteiger partial charge in [0.1, 0.15) is 24.4 Å². The van der Waals surface area contributed by atoms with Gasteiger partial charge in [-0.25, -0.2) is 4.79 Å². The highest BCUT2D eigenvalue weighted by molar-refractivity contribution is 7.16. The van der Waals surface area contributed by atoms with Gasteiger partial charge in [0, 0.05) is 24.6 Å². The smallest absolute Gasteiger partial charge is 0.349 e. The summed E-state index contributed by atoms with van der Waals surface area (Å²) in [5.74, 6) is 0.690. The lowest BCUT2D eigenvalue weighted by molar-refractivity contribution is 0.0994. The lowest BCUT2D eigenvalue weighted by Crippen LogP contribution is -2.18. The van der Waals surface area contributed by atoms with E-state index in [-0.39, 0.29) is 5.56 Å². The van der Waals surface area contributed by atoms with Crippen LogP contribution in [0.5, 0.6) is 11.5 Å². The summed E-state index contributed by atoms with van der Waals surface area (Å²) in [6.45, 7) is 0.993. The number of benzene rings is 3. The topological polar surface area (TPSA) is 83.0 Å². The molecule has 1 aliphatic heterocycles. The van der Waals surface area contributed by atoms with Gasteiger partial charge in [0.25, 0.3) is 5.91 Å². The van der Waals surface area contributed by atoms with Crippen LogP contribution in [0, 0.1) is 0 Å². The van der Waals surface area contributed by atoms with E-state index in [0.717, 1.165) is 21.0 Å². The minimum absolute atomic E-state index is 0.0997. The average Bonchev–Trinajstić information content (AvgIpc) is 3.11. The fraction of sp³-hybridized carbons (Fsp3) is 0.125. The maximum absolute atomic E-state index is 13.0. The first-order valence-corrected chi connectivity index (χ1v) is 10.8. The van der Waals surface area contributed by atoms with E-state index in [1.807, 2.05) is 49.5 Å². The van der Waals surface area contributed by atoms with Gasteiger partial charge >= 0.3 is 5.63 Å². The summed E-state index contributed by atoms with van der Waals surface area (Å²) < 4.78 is 19.4. The molecule has 0 saturated heterocycles. The lowest BCUT2D eigenvalue weighted by Gasteiger charge is -2.18. The Bertz CT molecular complexity index is 1690. The Morgan fingerprint density at radius 3 is 2.62 bits per heavy atom. The third-order valence-corrected chi connectivity index (χ3v) is 6.64. The van der Waals surface area contributed by atoms with Crippen LogP contribution in [0.4, 0.5) is 0 Å². The Hall–Kier alpha value is -3.91. The number of carbonyl (C=O) groups excluding carboxylic acids is 1. The molecule has 7 nitrogen and oxygen atoms in total. The molecule has 0 radical (unpaired) electrons. The number of rotatable bonds is 1. The number of aromatic nitrogens is 1. The van der Waals surface area contributed by atoms with Crippen molar-refractivity contribution in [1.82, 2.24) is 4.57 Å². The van der Waals surface area contributed by atoms with Crippen LogP contribution in [0.25, 0.3) is 32.0 Å². The summed E-state index contributed by atoms with van der Waals surface area (Å²) >= 11 is 1.34. The van der Waals surface area contributed by atoms with E-state index in [0.29, 0.717) is 40.5 Å². The maximum atomic E-state index is 13.0. The molecule has 158 valence electrons. The van der Waals surface area contributed by atoms with Crippen molar-refractivity contribution >= 4 is 49.2 Å². The third kappa shape index (κ3) is 2.91. The number of nitrogens with zero attached hydrogens (tertiary/aromatic N) is 2. The number of amides is 1. The van der Waals surface area contributed by atoms with E-state index >= 15 is 0 Å². The zero-order chi connectivity index (χ0) is 21.8. The summed E-state index contributed by atoms with van der Waals surface area (Å²) in [6, 6.07) is 16.7. The van der Waals surface area contributed by atoms with Crippen LogP contribution in [0.1, 0.15) is 10.4 Å². The van der Waals surface area contributed by atoms with Gasteiger partial charge in [-0.3, -0.25) is 4.79 Å². The Kier molecular flexibility index (Phi) is 4.16. The molecule has 5 aromatic rings. The molecule has 0 spiro atoms. The molecule has 0 aliphatic carbocycles. The van der Waals surface area contributed by atoms with E-state index < -0.39 is 11.5 Å². The lowest BCUT2D eigenvalue weighted by atomic mass is 10.0. The fourth-order valence-electron chi connectivity index (χ4n) is 3.94. The van der Waals surface area contributed by atoms with Crippen molar-refractivity contribution in [2.75, 3.05) is 13.2 Å². The van der Waals surface area contributed by atoms with Crippen LogP contribution >= 0.6 is 11.3 Å². The standard InChI is InChI=1S/C24H16N2O5S/c1-26-17-11-19-20(30-9-8-29-19)12-21(17)32-24(26)25-22(27)16-10-15-14-5-3-2-4-13(14)6-7-18(15)31-23(16)28/h2-7,10-12H,8-9H2,1H3. The van der Waals surface area contributed by atoms with E-state index in [1.165, 1.54) is 11.3 Å². The molecule has 3 aromatic carbocycles. The molecule has 32 heavy (non-hydrogen) atoms. The summed E-state index contributed by atoms with van der Waals surface area (Å²) in [7, 11) is 1.82. The first-order chi connectivity index (χ1) is 15.6. The third-order valence-electron chi connectivity index (χ3n) is 5.54. The molecule has 1 amide bonds. The highest BCUT2D eigenvalue weighted by atomic mass is 32.1. The molecule has 0 unspecified atom stereocenters. The number of thiazole rings is 1. The van der Waals surface area contributed by atoms with Crippen molar-refractivity contribution in [3.63, 3.8) is 0 Å². The van der Waals surface area contributed by atoms with Crippen molar-refractivity contribution in [3.05, 3.63) is 75.4 Å². The summed E-state index contributed by atoms with van der Waals surface area (Å²) in [5.41, 5.74) is 0.491. The minimum atomic E-state index is -0.706. The molecule has 0 fully saturated rings. The second-order valence-corrected chi connectivity index (χ2v) is 8.48. The van der Waals surface area contributed by atoms with Gasteiger partial charge < -0.3 is 18.5 Å². The molecule has 1 aliphatic rings. The minimum Gasteiger partial charge on any atom is -0.486 e. The number of carbonyl (C=O) groups is 1. The number of aryl methyl sites for hydroxylation is 1. The Morgan fingerprint density at radius 2 is 1.78 bits per heavy atom. The van der Waals surface area contributed by atoms with Crippen LogP contribution in [0.15, 0.2) is 68.8 Å². The molecule has 0 bridgehead atoms. The number of fused-ring (bicyclic) bond motifs is 5. The van der Waals surface area contributed by atoms with Gasteiger partial charge in [0.05, 0.1) is 10.2 Å². The molecular weight excluding hydrogens is 428 g/mol. The quantitative estimate of drug-likeness (QED) is 0.288. The Balaban J connectivity index is 1.51. The van der Waals surface area contributed by atoms with Gasteiger partial charge in [-0.2, -0.15) is 4.99 Å². The van der Waals surface area contributed by atoms with Gasteiger partial charge in [0.15, 0.2) is 16.3 Å². The van der Waals surface area contributed by atoms with Gasteiger partial charge in [-0.15, -0.1) is 0 Å². The average molecular weight is 444 g/mol. The van der Waals surface area contributed by atoms with Crippen molar-refractivity contribution in [1.29, 1.82) is 0 Å². The van der Waals surface area contributed by atoms with Crippen molar-refractivity contribution in [3.8, 4) is 11.5 Å². The number of hydrogen-bond donors (Lipinski definition) is 0. The van der Waals surface area contributed by atoms with Crippen molar-refractivity contribution in [2.24, 2.45) is 12.0 Å². The fourth-order valence-corrected chi connectivity index (χ4v) is 4.97. The Labute approximate surface area is 184 Å². The first-order valence-electron chi connectivity index (χ1n) is 10.0. The monoisotopic (exact) mass is 444 g/mol. The molecule has 2 aromatic heterocycles. The molecular formula is C24H16N2O5S. The van der Waals surface area contributed by atoms with Gasteiger partial charge in [-0.1, -0.05) is 41.7 Å². The molecule has 3 heterocycles. The van der Waals surface area contributed by atoms with E-state index in [9.17, 15) is 9.59 Å². The number of hydrogen-bond acceptors (Lipinski definition) is 6. The van der Waals surface area contributed by atoms with Crippen molar-refractivity contribution in [2.45, 2.75) is 0 Å². The van der Waals surface area contributed by atoms with Crippen LogP contribution < -0.4 is 19.9 Å². The summed E-state index contributed by atoms with van der Waals surface area (Å²) in [4.78, 5) is 30.3. The summed E-state index contributed by atoms with van der Waals surface area (Å²) in [6.07, 6.45) is 0. The second-order valence-electron chi connectivity index (χ2n) is 7.47. The first kappa shape index (κ1) is 18.8. The molecule has 8 heteroatoms. The van der Waals surface area contributed by atoms with Gasteiger partial charge in [-0.05, 0) is 22.9 Å². The largest absolute Gasteiger partial charge is 0.486 e. The molecule has 0 N–H and O–H groups in total. The molecule has 0 atom stereocenters. The highest BCUT2D eigenvalue weighted by Gasteiger charge is 2.18. The van der Waals surface area contributed by atoms with Crippen LogP contribution in [0.2, 0.25) is 0 Å². The second kappa shape index (κ2) is 7.06. The van der Waals surface area contributed by atoms with E-state index in [1.54, 1.807) is 16.7 Å². The van der Waals surface area contributed by atoms with Crippen LogP contribution in [0.3, 0.4) is 0 Å². The van der Waals surface area contributed by atoms with E-state index in [4.69, 9.17) is 13.9 Å².